The van der Waals surface area contributed by atoms with Crippen LogP contribution in [0.25, 0.3) is 0 Å². The van der Waals surface area contributed by atoms with E-state index in [-0.39, 0.29) is 17.0 Å². The van der Waals surface area contributed by atoms with E-state index in [0.29, 0.717) is 17.3 Å². The highest BCUT2D eigenvalue weighted by atomic mass is 16.6. The van der Waals surface area contributed by atoms with Crippen molar-refractivity contribution in [3.8, 4) is 0 Å². The third-order valence-electron chi connectivity index (χ3n) is 6.24. The Balaban J connectivity index is 2.17. The maximum Gasteiger partial charge on any atom is 0.312 e. The van der Waals surface area contributed by atoms with Gasteiger partial charge in [0.15, 0.2) is 0 Å². The molecule has 2 bridgehead atoms. The molecule has 2 aliphatic carbocycles. The maximum absolute atomic E-state index is 12.4. The van der Waals surface area contributed by atoms with Gasteiger partial charge < -0.3 is 4.74 Å². The van der Waals surface area contributed by atoms with E-state index in [1.165, 1.54) is 19.3 Å². The molecular formula is C16H28O2. The van der Waals surface area contributed by atoms with Gasteiger partial charge in [-0.05, 0) is 57.8 Å². The van der Waals surface area contributed by atoms with Crippen LogP contribution in [0.5, 0.6) is 0 Å². The fourth-order valence-corrected chi connectivity index (χ4v) is 3.85. The molecule has 2 fully saturated rings. The Morgan fingerprint density at radius 3 is 2.44 bits per heavy atom. The second-order valence-electron chi connectivity index (χ2n) is 7.63. The molecule has 0 N–H and O–H groups in total. The minimum absolute atomic E-state index is 0.0181. The monoisotopic (exact) mass is 252 g/mol. The van der Waals surface area contributed by atoms with Gasteiger partial charge in [0.2, 0.25) is 0 Å². The van der Waals surface area contributed by atoms with Crippen LogP contribution in [0, 0.1) is 22.7 Å². The summed E-state index contributed by atoms with van der Waals surface area (Å²) in [4.78, 5) is 12.4. The first kappa shape index (κ1) is 13.9. The lowest BCUT2D eigenvalue weighted by atomic mass is 9.70. The topological polar surface area (TPSA) is 26.3 Å². The van der Waals surface area contributed by atoms with Gasteiger partial charge in [0.1, 0.15) is 5.60 Å². The van der Waals surface area contributed by atoms with E-state index in [1.807, 2.05) is 13.8 Å². The van der Waals surface area contributed by atoms with Crippen molar-refractivity contribution in [3.05, 3.63) is 0 Å². The van der Waals surface area contributed by atoms with E-state index in [0.717, 1.165) is 6.42 Å². The van der Waals surface area contributed by atoms with Gasteiger partial charge in [0, 0.05) is 5.92 Å². The standard InChI is InChI=1S/C16H28O2/c1-7-14(3,4)13(17)18-16(6)11(2)15(5)9-8-12(16)10-15/h11-12H,7-10H2,1-6H3. The van der Waals surface area contributed by atoms with Gasteiger partial charge in [0.25, 0.3) is 0 Å². The zero-order chi connectivity index (χ0) is 13.8. The zero-order valence-electron chi connectivity index (χ0n) is 12.8. The molecule has 2 nitrogen and oxygen atoms in total. The van der Waals surface area contributed by atoms with Gasteiger partial charge in [-0.1, -0.05) is 20.8 Å². The molecule has 0 radical (unpaired) electrons. The smallest absolute Gasteiger partial charge is 0.312 e. The lowest BCUT2D eigenvalue weighted by molar-refractivity contribution is -0.182. The summed E-state index contributed by atoms with van der Waals surface area (Å²) in [5.74, 6) is 1.02. The Bertz CT molecular complexity index is 360. The summed E-state index contributed by atoms with van der Waals surface area (Å²) >= 11 is 0. The number of carbonyl (C=O) groups excluding carboxylic acids is 1. The molecule has 0 aliphatic heterocycles. The normalized spacial score (nSPS) is 43.2. The number of ether oxygens (including phenoxy) is 1. The predicted octanol–water partition coefficient (Wildman–Crippen LogP) is 4.18. The van der Waals surface area contributed by atoms with Crippen molar-refractivity contribution in [3.63, 3.8) is 0 Å². The largest absolute Gasteiger partial charge is 0.458 e. The molecule has 0 aromatic rings. The Kier molecular flexibility index (Phi) is 3.07. The van der Waals surface area contributed by atoms with Crippen LogP contribution in [0.1, 0.15) is 67.2 Å². The van der Waals surface area contributed by atoms with Crippen molar-refractivity contribution < 1.29 is 9.53 Å². The lowest BCUT2D eigenvalue weighted by Crippen LogP contribution is -2.47. The lowest BCUT2D eigenvalue weighted by Gasteiger charge is -2.43. The van der Waals surface area contributed by atoms with Crippen LogP contribution >= 0.6 is 0 Å². The Labute approximate surface area is 111 Å². The first-order valence-electron chi connectivity index (χ1n) is 7.39. The average Bonchev–Trinajstić information content (AvgIpc) is 2.77. The molecule has 0 heterocycles. The summed E-state index contributed by atoms with van der Waals surface area (Å²) in [5.41, 5.74) is -0.210. The molecule has 0 amide bonds. The minimum atomic E-state index is -0.356. The highest BCUT2D eigenvalue weighted by Crippen LogP contribution is 2.63. The molecule has 4 atom stereocenters. The van der Waals surface area contributed by atoms with Crippen molar-refractivity contribution in [1.82, 2.24) is 0 Å². The summed E-state index contributed by atoms with van der Waals surface area (Å²) in [6.07, 6.45) is 4.57. The molecule has 0 spiro atoms. The highest BCUT2D eigenvalue weighted by molar-refractivity contribution is 5.76. The molecule has 0 saturated heterocycles. The second-order valence-corrected chi connectivity index (χ2v) is 7.63. The second kappa shape index (κ2) is 3.98. The van der Waals surface area contributed by atoms with Gasteiger partial charge in [-0.2, -0.15) is 0 Å². The molecule has 0 aromatic carbocycles. The SMILES string of the molecule is CCC(C)(C)C(=O)OC1(C)C2CCC(C)(C2)C1C. The van der Waals surface area contributed by atoms with Crippen molar-refractivity contribution >= 4 is 5.97 Å². The fourth-order valence-electron chi connectivity index (χ4n) is 3.85. The molecule has 2 saturated carbocycles. The first-order chi connectivity index (χ1) is 8.16. The third-order valence-corrected chi connectivity index (χ3v) is 6.24. The van der Waals surface area contributed by atoms with Crippen LogP contribution < -0.4 is 0 Å². The van der Waals surface area contributed by atoms with Crippen molar-refractivity contribution in [1.29, 1.82) is 0 Å². The molecule has 2 heteroatoms. The highest BCUT2D eigenvalue weighted by Gasteiger charge is 2.62. The van der Waals surface area contributed by atoms with Crippen LogP contribution in [0.15, 0.2) is 0 Å². The van der Waals surface area contributed by atoms with E-state index >= 15 is 0 Å². The van der Waals surface area contributed by atoms with Crippen LogP contribution in [0.4, 0.5) is 0 Å². The number of hydrogen-bond acceptors (Lipinski definition) is 2. The Hall–Kier alpha value is -0.530. The van der Waals surface area contributed by atoms with Crippen molar-refractivity contribution in [2.75, 3.05) is 0 Å². The third kappa shape index (κ3) is 1.80. The Morgan fingerprint density at radius 2 is 2.00 bits per heavy atom. The predicted molar refractivity (Wildman–Crippen MR) is 73.2 cm³/mol. The molecule has 18 heavy (non-hydrogen) atoms. The van der Waals surface area contributed by atoms with E-state index in [4.69, 9.17) is 4.74 Å². The van der Waals surface area contributed by atoms with E-state index in [2.05, 4.69) is 27.7 Å². The number of hydrogen-bond donors (Lipinski definition) is 0. The van der Waals surface area contributed by atoms with E-state index in [9.17, 15) is 4.79 Å². The molecule has 4 unspecified atom stereocenters. The minimum Gasteiger partial charge on any atom is -0.458 e. The van der Waals surface area contributed by atoms with Gasteiger partial charge in [0.05, 0.1) is 5.41 Å². The first-order valence-corrected chi connectivity index (χ1v) is 7.39. The summed E-state index contributed by atoms with van der Waals surface area (Å²) in [6.45, 7) is 12.8. The summed E-state index contributed by atoms with van der Waals surface area (Å²) in [6, 6.07) is 0. The Morgan fingerprint density at radius 1 is 1.39 bits per heavy atom. The molecular weight excluding hydrogens is 224 g/mol. The number of rotatable bonds is 3. The maximum atomic E-state index is 12.4. The summed E-state index contributed by atoms with van der Waals surface area (Å²) in [5, 5.41) is 0. The quantitative estimate of drug-likeness (QED) is 0.704. The van der Waals surface area contributed by atoms with Crippen molar-refractivity contribution in [2.24, 2.45) is 22.7 Å². The van der Waals surface area contributed by atoms with E-state index in [1.54, 1.807) is 0 Å². The van der Waals surface area contributed by atoms with Crippen LogP contribution in [-0.4, -0.2) is 11.6 Å². The number of fused-ring (bicyclic) bond motifs is 2. The van der Waals surface area contributed by atoms with Crippen LogP contribution in [-0.2, 0) is 9.53 Å². The van der Waals surface area contributed by atoms with Crippen LogP contribution in [0.3, 0.4) is 0 Å². The van der Waals surface area contributed by atoms with Gasteiger partial charge >= 0.3 is 5.97 Å². The van der Waals surface area contributed by atoms with Gasteiger partial charge in [-0.3, -0.25) is 4.79 Å². The van der Waals surface area contributed by atoms with E-state index < -0.39 is 0 Å². The number of esters is 1. The summed E-state index contributed by atoms with van der Waals surface area (Å²) < 4.78 is 6.03. The fraction of sp³-hybridized carbons (Fsp3) is 0.938. The molecule has 104 valence electrons. The molecule has 2 rings (SSSR count). The van der Waals surface area contributed by atoms with Crippen LogP contribution in [0.2, 0.25) is 0 Å². The molecule has 2 aliphatic rings. The van der Waals surface area contributed by atoms with Gasteiger partial charge in [-0.25, -0.2) is 0 Å². The number of carbonyl (C=O) groups is 1. The molecule has 0 aromatic heterocycles. The zero-order valence-corrected chi connectivity index (χ0v) is 12.8. The average molecular weight is 252 g/mol. The summed E-state index contributed by atoms with van der Waals surface area (Å²) in [7, 11) is 0. The van der Waals surface area contributed by atoms with Crippen molar-refractivity contribution in [2.45, 2.75) is 72.8 Å². The van der Waals surface area contributed by atoms with Gasteiger partial charge in [-0.15, -0.1) is 0 Å².